The summed E-state index contributed by atoms with van der Waals surface area (Å²) in [5.41, 5.74) is 2.70. The van der Waals surface area contributed by atoms with Gasteiger partial charge in [-0.15, -0.1) is 0 Å². The third-order valence-corrected chi connectivity index (χ3v) is 3.84. The average Bonchev–Trinajstić information content (AvgIpc) is 2.47. The molecular formula is C17H18BrNO2. The second kappa shape index (κ2) is 6.76. The number of anilines is 1. The monoisotopic (exact) mass is 347 g/mol. The summed E-state index contributed by atoms with van der Waals surface area (Å²) in [5.74, 6) is 0.910. The van der Waals surface area contributed by atoms with E-state index in [9.17, 15) is 4.79 Å². The number of rotatable bonds is 5. The van der Waals surface area contributed by atoms with Crippen molar-refractivity contribution >= 4 is 27.4 Å². The Labute approximate surface area is 133 Å². The first-order valence-corrected chi connectivity index (χ1v) is 7.45. The van der Waals surface area contributed by atoms with Crippen LogP contribution in [0.3, 0.4) is 0 Å². The fourth-order valence-corrected chi connectivity index (χ4v) is 2.64. The Kier molecular flexibility index (Phi) is 5.02. The van der Waals surface area contributed by atoms with E-state index in [4.69, 9.17) is 4.74 Å². The number of hydrogen-bond acceptors (Lipinski definition) is 3. The van der Waals surface area contributed by atoms with Crippen molar-refractivity contribution in [3.63, 3.8) is 0 Å². The topological polar surface area (TPSA) is 29.5 Å². The molecule has 2 rings (SSSR count). The zero-order chi connectivity index (χ0) is 15.4. The molecule has 0 unspecified atom stereocenters. The Morgan fingerprint density at radius 3 is 2.62 bits per heavy atom. The molecule has 0 aliphatic heterocycles. The van der Waals surface area contributed by atoms with Crippen LogP contribution in [0.2, 0.25) is 0 Å². The molecule has 0 N–H and O–H groups in total. The molecule has 0 spiro atoms. The van der Waals surface area contributed by atoms with Crippen molar-refractivity contribution < 1.29 is 9.53 Å². The van der Waals surface area contributed by atoms with E-state index in [-0.39, 0.29) is 5.78 Å². The predicted molar refractivity (Wildman–Crippen MR) is 89.2 cm³/mol. The standard InChI is InChI=1S/C17H18BrNO2/c1-12(20)15-9-8-14(18)10-16(15)19(2)11-13-6-4-5-7-17(13)21-3/h4-10H,11H2,1-3H3. The van der Waals surface area contributed by atoms with Crippen LogP contribution in [0.1, 0.15) is 22.8 Å². The van der Waals surface area contributed by atoms with Crippen LogP contribution < -0.4 is 9.64 Å². The smallest absolute Gasteiger partial charge is 0.161 e. The first-order chi connectivity index (χ1) is 10.0. The Morgan fingerprint density at radius 1 is 1.24 bits per heavy atom. The van der Waals surface area contributed by atoms with Crippen molar-refractivity contribution in [2.24, 2.45) is 0 Å². The van der Waals surface area contributed by atoms with Crippen LogP contribution in [0, 0.1) is 0 Å². The van der Waals surface area contributed by atoms with Crippen LogP contribution in [0.15, 0.2) is 46.9 Å². The number of hydrogen-bond donors (Lipinski definition) is 0. The number of halogens is 1. The Bertz CT molecular complexity index is 655. The molecule has 0 saturated heterocycles. The summed E-state index contributed by atoms with van der Waals surface area (Å²) in [6, 6.07) is 13.6. The molecule has 0 fully saturated rings. The number of Topliss-reactive ketones (excluding diaryl/α,β-unsaturated/α-hetero) is 1. The minimum Gasteiger partial charge on any atom is -0.496 e. The van der Waals surface area contributed by atoms with Crippen LogP contribution in [0.25, 0.3) is 0 Å². The van der Waals surface area contributed by atoms with E-state index in [1.165, 1.54) is 0 Å². The fourth-order valence-electron chi connectivity index (χ4n) is 2.29. The fraction of sp³-hybridized carbons (Fsp3) is 0.235. The number of ether oxygens (including phenoxy) is 1. The highest BCUT2D eigenvalue weighted by Crippen LogP contribution is 2.28. The Balaban J connectivity index is 2.34. The molecule has 2 aromatic rings. The highest BCUT2D eigenvalue weighted by atomic mass is 79.9. The van der Waals surface area contributed by atoms with Gasteiger partial charge in [0.2, 0.25) is 0 Å². The molecule has 2 aromatic carbocycles. The van der Waals surface area contributed by atoms with Gasteiger partial charge >= 0.3 is 0 Å². The second-order valence-corrected chi connectivity index (χ2v) is 5.80. The van der Waals surface area contributed by atoms with E-state index in [1.807, 2.05) is 49.5 Å². The third-order valence-electron chi connectivity index (χ3n) is 3.35. The molecule has 4 heteroatoms. The molecule has 110 valence electrons. The molecule has 0 saturated carbocycles. The van der Waals surface area contributed by atoms with E-state index in [1.54, 1.807) is 14.0 Å². The molecule has 0 aromatic heterocycles. The lowest BCUT2D eigenvalue weighted by atomic mass is 10.1. The van der Waals surface area contributed by atoms with Crippen LogP contribution >= 0.6 is 15.9 Å². The highest BCUT2D eigenvalue weighted by molar-refractivity contribution is 9.10. The summed E-state index contributed by atoms with van der Waals surface area (Å²) in [5, 5.41) is 0. The lowest BCUT2D eigenvalue weighted by Crippen LogP contribution is -2.19. The lowest BCUT2D eigenvalue weighted by Gasteiger charge is -2.23. The van der Waals surface area contributed by atoms with Crippen molar-refractivity contribution in [2.75, 3.05) is 19.1 Å². The number of ketones is 1. The van der Waals surface area contributed by atoms with Crippen LogP contribution in [-0.2, 0) is 6.54 Å². The van der Waals surface area contributed by atoms with Crippen molar-refractivity contribution in [3.8, 4) is 5.75 Å². The Morgan fingerprint density at radius 2 is 1.95 bits per heavy atom. The van der Waals surface area contributed by atoms with Gasteiger partial charge in [-0.2, -0.15) is 0 Å². The predicted octanol–water partition coefficient (Wildman–Crippen LogP) is 4.30. The summed E-state index contributed by atoms with van der Waals surface area (Å²) in [6.07, 6.45) is 0. The number of nitrogens with zero attached hydrogens (tertiary/aromatic N) is 1. The molecule has 0 aliphatic carbocycles. The second-order valence-electron chi connectivity index (χ2n) is 4.89. The third kappa shape index (κ3) is 3.64. The highest BCUT2D eigenvalue weighted by Gasteiger charge is 2.13. The van der Waals surface area contributed by atoms with Gasteiger partial charge in [0.15, 0.2) is 5.78 Å². The first-order valence-electron chi connectivity index (χ1n) is 6.66. The molecule has 3 nitrogen and oxygen atoms in total. The van der Waals surface area contributed by atoms with Crippen LogP contribution in [-0.4, -0.2) is 19.9 Å². The molecule has 0 bridgehead atoms. The van der Waals surface area contributed by atoms with Crippen molar-refractivity contribution in [3.05, 3.63) is 58.1 Å². The molecule has 0 atom stereocenters. The summed E-state index contributed by atoms with van der Waals surface area (Å²) >= 11 is 3.46. The summed E-state index contributed by atoms with van der Waals surface area (Å²) in [4.78, 5) is 13.8. The molecular weight excluding hydrogens is 330 g/mol. The average molecular weight is 348 g/mol. The number of benzene rings is 2. The molecule has 0 aliphatic rings. The van der Waals surface area contributed by atoms with E-state index in [2.05, 4.69) is 20.8 Å². The summed E-state index contributed by atoms with van der Waals surface area (Å²) in [6.45, 7) is 2.25. The molecule has 0 amide bonds. The maximum Gasteiger partial charge on any atom is 0.161 e. The SMILES string of the molecule is COc1ccccc1CN(C)c1cc(Br)ccc1C(C)=O. The van der Waals surface area contributed by atoms with Gasteiger partial charge in [0.1, 0.15) is 5.75 Å². The van der Waals surface area contributed by atoms with Crippen molar-refractivity contribution in [1.82, 2.24) is 0 Å². The van der Waals surface area contributed by atoms with Crippen molar-refractivity contribution in [2.45, 2.75) is 13.5 Å². The van der Waals surface area contributed by atoms with Gasteiger partial charge in [0.25, 0.3) is 0 Å². The van der Waals surface area contributed by atoms with E-state index in [0.717, 1.165) is 27.0 Å². The first kappa shape index (κ1) is 15.6. The minimum atomic E-state index is 0.0596. The summed E-state index contributed by atoms with van der Waals surface area (Å²) in [7, 11) is 3.64. The minimum absolute atomic E-state index is 0.0596. The van der Waals surface area contributed by atoms with Gasteiger partial charge in [-0.25, -0.2) is 0 Å². The van der Waals surface area contributed by atoms with Gasteiger partial charge in [0.05, 0.1) is 7.11 Å². The zero-order valence-electron chi connectivity index (χ0n) is 12.4. The van der Waals surface area contributed by atoms with E-state index in [0.29, 0.717) is 6.54 Å². The van der Waals surface area contributed by atoms with Crippen LogP contribution in [0.4, 0.5) is 5.69 Å². The largest absolute Gasteiger partial charge is 0.496 e. The maximum atomic E-state index is 11.8. The Hall–Kier alpha value is -1.81. The number of para-hydroxylation sites is 1. The van der Waals surface area contributed by atoms with E-state index >= 15 is 0 Å². The van der Waals surface area contributed by atoms with Gasteiger partial charge in [-0.05, 0) is 31.2 Å². The normalized spacial score (nSPS) is 10.3. The van der Waals surface area contributed by atoms with Gasteiger partial charge in [-0.3, -0.25) is 4.79 Å². The quantitative estimate of drug-likeness (QED) is 0.755. The maximum absolute atomic E-state index is 11.8. The number of carbonyl (C=O) groups excluding carboxylic acids is 1. The van der Waals surface area contributed by atoms with E-state index < -0.39 is 0 Å². The zero-order valence-corrected chi connectivity index (χ0v) is 14.0. The van der Waals surface area contributed by atoms with Gasteiger partial charge in [0, 0.05) is 34.9 Å². The lowest BCUT2D eigenvalue weighted by molar-refractivity contribution is 0.101. The number of methoxy groups -OCH3 is 1. The van der Waals surface area contributed by atoms with Gasteiger partial charge in [-0.1, -0.05) is 34.1 Å². The van der Waals surface area contributed by atoms with Crippen molar-refractivity contribution in [1.29, 1.82) is 0 Å². The van der Waals surface area contributed by atoms with Gasteiger partial charge < -0.3 is 9.64 Å². The van der Waals surface area contributed by atoms with Crippen LogP contribution in [0.5, 0.6) is 5.75 Å². The number of carbonyl (C=O) groups is 1. The molecule has 21 heavy (non-hydrogen) atoms. The molecule has 0 heterocycles. The summed E-state index contributed by atoms with van der Waals surface area (Å²) < 4.78 is 6.33. The molecule has 0 radical (unpaired) electrons.